The topological polar surface area (TPSA) is 71.6 Å². The second kappa shape index (κ2) is 7.53. The van der Waals surface area contributed by atoms with Gasteiger partial charge in [-0.15, -0.1) is 0 Å². The molecule has 5 rings (SSSR count). The van der Waals surface area contributed by atoms with Gasteiger partial charge in [0, 0.05) is 44.0 Å². The molecule has 0 bridgehead atoms. The summed E-state index contributed by atoms with van der Waals surface area (Å²) in [6.07, 6.45) is 0.208. The van der Waals surface area contributed by atoms with Crippen LogP contribution in [-0.2, 0) is 9.59 Å². The maximum absolute atomic E-state index is 13.1. The van der Waals surface area contributed by atoms with Gasteiger partial charge in [-0.05, 0) is 24.3 Å². The Morgan fingerprint density at radius 2 is 1.73 bits per heavy atom. The van der Waals surface area contributed by atoms with Crippen molar-refractivity contribution in [3.63, 3.8) is 0 Å². The first kappa shape index (κ1) is 18.7. The number of hydrogen-bond acceptors (Lipinski definition) is 7. The number of piperazine rings is 1. The van der Waals surface area contributed by atoms with Gasteiger partial charge in [-0.25, -0.2) is 4.90 Å². The summed E-state index contributed by atoms with van der Waals surface area (Å²) >= 11 is 0. The number of hydrogen-bond donors (Lipinski definition) is 0. The third-order valence-electron chi connectivity index (χ3n) is 5.91. The second-order valence-electron chi connectivity index (χ2n) is 7.55. The minimum absolute atomic E-state index is 0.162. The maximum atomic E-state index is 13.1. The molecule has 0 unspecified atom stereocenters. The molecular formula is C22H23N3O5. The zero-order valence-electron chi connectivity index (χ0n) is 16.7. The van der Waals surface area contributed by atoms with E-state index in [2.05, 4.69) is 9.80 Å². The zero-order valence-corrected chi connectivity index (χ0v) is 16.7. The highest BCUT2D eigenvalue weighted by atomic mass is 16.7. The first-order valence-electron chi connectivity index (χ1n) is 10.0. The molecule has 3 aliphatic heterocycles. The molecule has 0 aromatic heterocycles. The van der Waals surface area contributed by atoms with Gasteiger partial charge in [0.05, 0.1) is 25.3 Å². The molecular weight excluding hydrogens is 386 g/mol. The monoisotopic (exact) mass is 409 g/mol. The Hall–Kier alpha value is -3.26. The van der Waals surface area contributed by atoms with Gasteiger partial charge in [0.1, 0.15) is 5.75 Å². The number of methoxy groups -OCH3 is 1. The Kier molecular flexibility index (Phi) is 4.71. The highest BCUT2D eigenvalue weighted by Gasteiger charge is 2.43. The van der Waals surface area contributed by atoms with E-state index in [0.29, 0.717) is 24.5 Å². The normalized spacial score (nSPS) is 21.4. The molecule has 0 N–H and O–H groups in total. The summed E-state index contributed by atoms with van der Waals surface area (Å²) in [5.74, 6) is 1.82. The highest BCUT2D eigenvalue weighted by Crippen LogP contribution is 2.36. The Balaban J connectivity index is 1.26. The number of carbonyl (C=O) groups is 2. The van der Waals surface area contributed by atoms with E-state index in [1.165, 1.54) is 4.90 Å². The van der Waals surface area contributed by atoms with Crippen LogP contribution in [-0.4, -0.2) is 62.8 Å². The first-order valence-corrected chi connectivity index (χ1v) is 10.0. The smallest absolute Gasteiger partial charge is 0.251 e. The summed E-state index contributed by atoms with van der Waals surface area (Å²) in [4.78, 5) is 31.4. The van der Waals surface area contributed by atoms with Gasteiger partial charge in [0.15, 0.2) is 11.5 Å². The summed E-state index contributed by atoms with van der Waals surface area (Å²) in [6, 6.07) is 12.6. The van der Waals surface area contributed by atoms with Crippen molar-refractivity contribution < 1.29 is 23.8 Å². The number of anilines is 2. The summed E-state index contributed by atoms with van der Waals surface area (Å²) in [6.45, 7) is 3.23. The van der Waals surface area contributed by atoms with Crippen molar-refractivity contribution in [3.8, 4) is 17.2 Å². The van der Waals surface area contributed by atoms with Crippen LogP contribution in [0.2, 0.25) is 0 Å². The van der Waals surface area contributed by atoms with Crippen molar-refractivity contribution in [3.05, 3.63) is 42.5 Å². The summed E-state index contributed by atoms with van der Waals surface area (Å²) in [5, 5.41) is 0. The van der Waals surface area contributed by atoms with Crippen molar-refractivity contribution in [2.45, 2.75) is 12.5 Å². The van der Waals surface area contributed by atoms with E-state index >= 15 is 0 Å². The number of carbonyl (C=O) groups excluding carboxylic acids is 2. The van der Waals surface area contributed by atoms with E-state index in [-0.39, 0.29) is 25.0 Å². The van der Waals surface area contributed by atoms with Gasteiger partial charge in [0.2, 0.25) is 12.7 Å². The summed E-state index contributed by atoms with van der Waals surface area (Å²) < 4.78 is 16.1. The van der Waals surface area contributed by atoms with Gasteiger partial charge < -0.3 is 19.1 Å². The first-order chi connectivity index (χ1) is 14.6. The van der Waals surface area contributed by atoms with Crippen molar-refractivity contribution in [1.82, 2.24) is 4.90 Å². The number of imide groups is 1. The third-order valence-corrected chi connectivity index (χ3v) is 5.91. The fourth-order valence-electron chi connectivity index (χ4n) is 4.30. The predicted octanol–water partition coefficient (Wildman–Crippen LogP) is 1.88. The standard InChI is InChI=1S/C22H23N3O5/c1-28-17-4-2-3-16(11-17)25-21(26)13-18(22(25)27)24-9-7-23(8-10-24)15-5-6-19-20(12-15)30-14-29-19/h2-6,11-12,18H,7-10,13-14H2,1H3/t18-/m0/s1. The lowest BCUT2D eigenvalue weighted by Crippen LogP contribution is -2.52. The van der Waals surface area contributed by atoms with Crippen molar-refractivity contribution in [2.24, 2.45) is 0 Å². The maximum Gasteiger partial charge on any atom is 0.251 e. The molecule has 1 atom stereocenters. The predicted molar refractivity (Wildman–Crippen MR) is 110 cm³/mol. The molecule has 3 aliphatic rings. The van der Waals surface area contributed by atoms with Gasteiger partial charge in [-0.3, -0.25) is 14.5 Å². The molecule has 2 saturated heterocycles. The van der Waals surface area contributed by atoms with Crippen LogP contribution in [0.15, 0.2) is 42.5 Å². The van der Waals surface area contributed by atoms with Crippen LogP contribution in [0.4, 0.5) is 11.4 Å². The van der Waals surface area contributed by atoms with E-state index in [9.17, 15) is 9.59 Å². The molecule has 0 saturated carbocycles. The van der Waals surface area contributed by atoms with Crippen LogP contribution >= 0.6 is 0 Å². The number of nitrogens with zero attached hydrogens (tertiary/aromatic N) is 3. The molecule has 2 aromatic rings. The molecule has 3 heterocycles. The van der Waals surface area contributed by atoms with Crippen LogP contribution < -0.4 is 24.0 Å². The Labute approximate surface area is 174 Å². The zero-order chi connectivity index (χ0) is 20.7. The number of amides is 2. The quantitative estimate of drug-likeness (QED) is 0.714. The molecule has 2 aromatic carbocycles. The molecule has 8 nitrogen and oxygen atoms in total. The van der Waals surface area contributed by atoms with Crippen LogP contribution in [0, 0.1) is 0 Å². The number of ether oxygens (including phenoxy) is 3. The number of fused-ring (bicyclic) bond motifs is 1. The van der Waals surface area contributed by atoms with Gasteiger partial charge in [0.25, 0.3) is 5.91 Å². The Bertz CT molecular complexity index is 986. The lowest BCUT2D eigenvalue weighted by atomic mass is 10.1. The average molecular weight is 409 g/mol. The molecule has 0 aliphatic carbocycles. The fourth-order valence-corrected chi connectivity index (χ4v) is 4.30. The molecule has 2 amide bonds. The summed E-state index contributed by atoms with van der Waals surface area (Å²) in [5.41, 5.74) is 1.64. The van der Waals surface area contributed by atoms with Crippen LogP contribution in [0.5, 0.6) is 17.2 Å². The second-order valence-corrected chi connectivity index (χ2v) is 7.55. The van der Waals surface area contributed by atoms with Crippen molar-refractivity contribution >= 4 is 23.2 Å². The van der Waals surface area contributed by atoms with Crippen LogP contribution in [0.3, 0.4) is 0 Å². The van der Waals surface area contributed by atoms with Gasteiger partial charge in [-0.1, -0.05) is 6.07 Å². The Morgan fingerprint density at radius 1 is 0.933 bits per heavy atom. The lowest BCUT2D eigenvalue weighted by Gasteiger charge is -2.38. The molecule has 156 valence electrons. The minimum Gasteiger partial charge on any atom is -0.497 e. The van der Waals surface area contributed by atoms with E-state index in [4.69, 9.17) is 14.2 Å². The van der Waals surface area contributed by atoms with E-state index in [1.807, 2.05) is 18.2 Å². The Morgan fingerprint density at radius 3 is 2.53 bits per heavy atom. The van der Waals surface area contributed by atoms with Crippen LogP contribution in [0.1, 0.15) is 6.42 Å². The van der Waals surface area contributed by atoms with E-state index < -0.39 is 6.04 Å². The average Bonchev–Trinajstić information content (AvgIpc) is 3.37. The minimum atomic E-state index is -0.414. The van der Waals surface area contributed by atoms with Gasteiger partial charge in [-0.2, -0.15) is 0 Å². The van der Waals surface area contributed by atoms with Crippen molar-refractivity contribution in [2.75, 3.05) is 49.9 Å². The highest BCUT2D eigenvalue weighted by molar-refractivity contribution is 6.22. The SMILES string of the molecule is COc1cccc(N2C(=O)C[C@H](N3CCN(c4ccc5c(c4)OCO5)CC3)C2=O)c1. The molecule has 2 fully saturated rings. The van der Waals surface area contributed by atoms with Crippen LogP contribution in [0.25, 0.3) is 0 Å². The fraction of sp³-hybridized carbons (Fsp3) is 0.364. The number of benzene rings is 2. The summed E-state index contributed by atoms with van der Waals surface area (Å²) in [7, 11) is 1.56. The van der Waals surface area contributed by atoms with E-state index in [1.54, 1.807) is 31.4 Å². The number of rotatable bonds is 4. The molecule has 8 heteroatoms. The molecule has 0 spiro atoms. The largest absolute Gasteiger partial charge is 0.497 e. The van der Waals surface area contributed by atoms with Gasteiger partial charge >= 0.3 is 0 Å². The molecule has 0 radical (unpaired) electrons. The lowest BCUT2D eigenvalue weighted by molar-refractivity contribution is -0.123. The van der Waals surface area contributed by atoms with E-state index in [0.717, 1.165) is 30.3 Å². The van der Waals surface area contributed by atoms with Crippen molar-refractivity contribution in [1.29, 1.82) is 0 Å². The third kappa shape index (κ3) is 3.23. The molecule has 30 heavy (non-hydrogen) atoms.